The van der Waals surface area contributed by atoms with Gasteiger partial charge in [0.2, 0.25) is 5.91 Å². The van der Waals surface area contributed by atoms with Gasteiger partial charge in [-0.1, -0.05) is 60.1 Å². The molecule has 4 aromatic rings. The Labute approximate surface area is 180 Å². The van der Waals surface area contributed by atoms with Crippen LogP contribution < -0.4 is 5.32 Å². The van der Waals surface area contributed by atoms with Gasteiger partial charge in [0.15, 0.2) is 0 Å². The molecule has 0 aliphatic heterocycles. The normalized spacial score (nSPS) is 10.9. The van der Waals surface area contributed by atoms with Gasteiger partial charge in [0, 0.05) is 29.1 Å². The van der Waals surface area contributed by atoms with E-state index in [0.717, 1.165) is 11.1 Å². The maximum Gasteiger partial charge on any atom is 0.224 e. The SMILES string of the molecule is Cc1cccc(-c2cc(Cl)c3cccnc3c2O)c1NC(=O)CCc1ccccc1. The number of rotatable bonds is 5. The Bertz CT molecular complexity index is 1220. The van der Waals surface area contributed by atoms with Crippen molar-refractivity contribution >= 4 is 34.1 Å². The summed E-state index contributed by atoms with van der Waals surface area (Å²) in [5, 5.41) is 15.1. The van der Waals surface area contributed by atoms with Crippen molar-refractivity contribution in [2.75, 3.05) is 5.32 Å². The first-order chi connectivity index (χ1) is 14.5. The molecule has 0 atom stereocenters. The molecule has 4 nitrogen and oxygen atoms in total. The Morgan fingerprint density at radius 1 is 1.03 bits per heavy atom. The average Bonchev–Trinajstić information content (AvgIpc) is 2.77. The molecule has 2 N–H and O–H groups in total. The van der Waals surface area contributed by atoms with E-state index in [4.69, 9.17) is 11.6 Å². The van der Waals surface area contributed by atoms with Gasteiger partial charge in [-0.2, -0.15) is 0 Å². The number of carbonyl (C=O) groups excluding carboxylic acids is 1. The van der Waals surface area contributed by atoms with Gasteiger partial charge in [-0.3, -0.25) is 9.78 Å². The molecule has 5 heteroatoms. The van der Waals surface area contributed by atoms with Crippen LogP contribution in [0.2, 0.25) is 5.02 Å². The summed E-state index contributed by atoms with van der Waals surface area (Å²) in [6.07, 6.45) is 2.64. The molecule has 0 radical (unpaired) electrons. The minimum absolute atomic E-state index is 0.0420. The predicted molar refractivity (Wildman–Crippen MR) is 122 cm³/mol. The van der Waals surface area contributed by atoms with E-state index in [2.05, 4.69) is 10.3 Å². The number of hydrogen-bond donors (Lipinski definition) is 2. The zero-order chi connectivity index (χ0) is 21.1. The van der Waals surface area contributed by atoms with Gasteiger partial charge in [0.05, 0.1) is 10.7 Å². The van der Waals surface area contributed by atoms with Crippen molar-refractivity contribution in [3.8, 4) is 16.9 Å². The quantitative estimate of drug-likeness (QED) is 0.410. The molecule has 3 aromatic carbocycles. The van der Waals surface area contributed by atoms with Crippen LogP contribution in [0.1, 0.15) is 17.5 Å². The van der Waals surface area contributed by atoms with E-state index in [0.29, 0.717) is 45.6 Å². The van der Waals surface area contributed by atoms with Crippen molar-refractivity contribution in [2.24, 2.45) is 0 Å². The lowest BCUT2D eigenvalue weighted by Gasteiger charge is -2.16. The van der Waals surface area contributed by atoms with E-state index in [1.54, 1.807) is 18.3 Å². The van der Waals surface area contributed by atoms with Crippen molar-refractivity contribution in [1.82, 2.24) is 4.98 Å². The van der Waals surface area contributed by atoms with Crippen LogP contribution in [0.5, 0.6) is 5.75 Å². The van der Waals surface area contributed by atoms with Crippen LogP contribution in [0.3, 0.4) is 0 Å². The third-order valence-corrected chi connectivity index (χ3v) is 5.44. The highest BCUT2D eigenvalue weighted by molar-refractivity contribution is 6.36. The highest BCUT2D eigenvalue weighted by Gasteiger charge is 2.18. The predicted octanol–water partition coefficient (Wildman–Crippen LogP) is 6.14. The Balaban J connectivity index is 1.68. The fraction of sp³-hybridized carbons (Fsp3) is 0.120. The number of fused-ring (bicyclic) bond motifs is 1. The molecular formula is C25H21ClN2O2. The first-order valence-corrected chi connectivity index (χ1v) is 10.1. The zero-order valence-electron chi connectivity index (χ0n) is 16.5. The van der Waals surface area contributed by atoms with Crippen molar-refractivity contribution < 1.29 is 9.90 Å². The molecule has 1 amide bonds. The van der Waals surface area contributed by atoms with Crippen molar-refractivity contribution in [3.05, 3.63) is 89.1 Å². The second-order valence-corrected chi connectivity index (χ2v) is 7.59. The van der Waals surface area contributed by atoms with Crippen LogP contribution in [0.25, 0.3) is 22.0 Å². The summed E-state index contributed by atoms with van der Waals surface area (Å²) < 4.78 is 0. The van der Waals surface area contributed by atoms with E-state index in [1.165, 1.54) is 0 Å². The zero-order valence-corrected chi connectivity index (χ0v) is 17.3. The van der Waals surface area contributed by atoms with Crippen LogP contribution in [0.4, 0.5) is 5.69 Å². The third kappa shape index (κ3) is 4.00. The molecule has 150 valence electrons. The number of carbonyl (C=O) groups is 1. The van der Waals surface area contributed by atoms with E-state index < -0.39 is 0 Å². The molecule has 0 aliphatic rings. The monoisotopic (exact) mass is 416 g/mol. The van der Waals surface area contributed by atoms with E-state index in [1.807, 2.05) is 61.5 Å². The summed E-state index contributed by atoms with van der Waals surface area (Å²) in [6.45, 7) is 1.92. The number of para-hydroxylation sites is 1. The van der Waals surface area contributed by atoms with Crippen molar-refractivity contribution in [1.29, 1.82) is 0 Å². The number of anilines is 1. The largest absolute Gasteiger partial charge is 0.505 e. The number of nitrogens with zero attached hydrogens (tertiary/aromatic N) is 1. The topological polar surface area (TPSA) is 62.2 Å². The van der Waals surface area contributed by atoms with Gasteiger partial charge < -0.3 is 10.4 Å². The lowest BCUT2D eigenvalue weighted by Crippen LogP contribution is -2.14. The number of amides is 1. The van der Waals surface area contributed by atoms with Gasteiger partial charge in [-0.25, -0.2) is 0 Å². The molecule has 0 aliphatic carbocycles. The Hall–Kier alpha value is -3.37. The molecule has 4 rings (SSSR count). The van der Waals surface area contributed by atoms with E-state index in [-0.39, 0.29) is 11.7 Å². The third-order valence-electron chi connectivity index (χ3n) is 5.13. The van der Waals surface area contributed by atoms with E-state index in [9.17, 15) is 9.90 Å². The van der Waals surface area contributed by atoms with E-state index >= 15 is 0 Å². The van der Waals surface area contributed by atoms with Crippen LogP contribution in [0, 0.1) is 6.92 Å². The van der Waals surface area contributed by atoms with Gasteiger partial charge in [-0.15, -0.1) is 0 Å². The van der Waals surface area contributed by atoms with Gasteiger partial charge in [-0.05, 0) is 42.7 Å². The Kier molecular flexibility index (Phi) is 5.68. The second-order valence-electron chi connectivity index (χ2n) is 7.19. The van der Waals surface area contributed by atoms with Crippen LogP contribution in [-0.4, -0.2) is 16.0 Å². The number of hydrogen-bond acceptors (Lipinski definition) is 3. The standard InChI is InChI=1S/C25H21ClN2O2/c1-16-7-5-10-18(20-15-21(26)19-11-6-14-27-24(19)25(20)30)23(16)28-22(29)13-12-17-8-3-2-4-9-17/h2-11,14-15,30H,12-13H2,1H3,(H,28,29). The lowest BCUT2D eigenvalue weighted by atomic mass is 9.97. The number of phenols is 1. The summed E-state index contributed by atoms with van der Waals surface area (Å²) in [6, 6.07) is 20.9. The fourth-order valence-corrected chi connectivity index (χ4v) is 3.82. The molecule has 1 aromatic heterocycles. The summed E-state index contributed by atoms with van der Waals surface area (Å²) >= 11 is 6.46. The first-order valence-electron chi connectivity index (χ1n) is 9.74. The first kappa shape index (κ1) is 19.9. The minimum atomic E-state index is -0.0843. The minimum Gasteiger partial charge on any atom is -0.505 e. The smallest absolute Gasteiger partial charge is 0.224 e. The summed E-state index contributed by atoms with van der Waals surface area (Å²) in [7, 11) is 0. The summed E-state index contributed by atoms with van der Waals surface area (Å²) in [5.74, 6) is -0.0423. The maximum absolute atomic E-state index is 12.7. The highest BCUT2D eigenvalue weighted by atomic mass is 35.5. The summed E-state index contributed by atoms with van der Waals surface area (Å²) in [5.41, 5.74) is 4.35. The number of nitrogens with one attached hydrogen (secondary N) is 1. The molecule has 0 fully saturated rings. The maximum atomic E-state index is 12.7. The molecule has 0 bridgehead atoms. The summed E-state index contributed by atoms with van der Waals surface area (Å²) in [4.78, 5) is 17.0. The lowest BCUT2D eigenvalue weighted by molar-refractivity contribution is -0.116. The average molecular weight is 417 g/mol. The second kappa shape index (κ2) is 8.56. The number of benzene rings is 3. The van der Waals surface area contributed by atoms with Crippen molar-refractivity contribution in [2.45, 2.75) is 19.8 Å². The molecule has 0 unspecified atom stereocenters. The molecule has 0 spiro atoms. The number of aromatic hydroxyl groups is 1. The van der Waals surface area contributed by atoms with Crippen molar-refractivity contribution in [3.63, 3.8) is 0 Å². The van der Waals surface area contributed by atoms with Gasteiger partial charge in [0.25, 0.3) is 0 Å². The number of halogens is 1. The molecule has 0 saturated carbocycles. The molecule has 30 heavy (non-hydrogen) atoms. The van der Waals surface area contributed by atoms with Crippen LogP contribution >= 0.6 is 11.6 Å². The van der Waals surface area contributed by atoms with Gasteiger partial charge >= 0.3 is 0 Å². The number of aryl methyl sites for hydroxylation is 2. The Morgan fingerprint density at radius 2 is 1.83 bits per heavy atom. The number of pyridine rings is 1. The molecule has 1 heterocycles. The number of aromatic nitrogens is 1. The highest BCUT2D eigenvalue weighted by Crippen LogP contribution is 2.42. The molecular weight excluding hydrogens is 396 g/mol. The van der Waals surface area contributed by atoms with Crippen LogP contribution in [-0.2, 0) is 11.2 Å². The fourth-order valence-electron chi connectivity index (χ4n) is 3.56. The number of phenolic OH excluding ortho intramolecular Hbond substituents is 1. The Morgan fingerprint density at radius 3 is 2.63 bits per heavy atom. The van der Waals surface area contributed by atoms with Gasteiger partial charge in [0.1, 0.15) is 11.3 Å². The molecule has 0 saturated heterocycles. The van der Waals surface area contributed by atoms with Crippen LogP contribution in [0.15, 0.2) is 72.9 Å².